The average molecular weight is 1010 g/mol. The number of carboxylic acids is 13. The number of aliphatic hydroxyl groups excluding tert-OH is 2. The monoisotopic (exact) mass is 1010 g/mol. The standard InChI is InChI=1S/C6H8O7.C5H9NO4.C5H6O4.C4H6O4.C3H7NO2.C3H6O3.C3H4O3.C2H4O2.C2H6O.CH2O2/c7-3(8)1-6(13,5(11)12)2-4(9)10;6-3(5(9)10)1-2-4(7)8;1-3(5(8)9)2-4(6)7;5-3(6)1-2-4(7)8;3*1-2(4)3(5)6;1-2(3)4;1-2-3;2-1-3/h13H,1-2H2,(H,7,8)(H,9,10)(H,11,12);3H,1-2,6H2,(H,7,8)(H,9,10);1-2H2,(H,6,7)(H,8,9);1-2H2,(H,5,6)(H,7,8);2H,4H2,1H3,(H,5,6);2,4H,1H3,(H,5,6);1H3,(H,5,6);1H3,(H,3,4);3H,2H2,1H3;1H,(H,2,3)/t;3-;;;2-;;;;;/m.0..0...../s1. The average Bonchev–Trinajstić information content (AvgIpc) is 3.13. The minimum atomic E-state index is -2.74. The second-order valence-corrected chi connectivity index (χ2v) is 11.1. The van der Waals surface area contributed by atoms with E-state index in [1.807, 2.05) is 0 Å². The van der Waals surface area contributed by atoms with Gasteiger partial charge in [-0.2, -0.15) is 0 Å². The van der Waals surface area contributed by atoms with Crippen molar-refractivity contribution in [2.45, 2.75) is 103 Å². The van der Waals surface area contributed by atoms with Crippen LogP contribution in [0.5, 0.6) is 0 Å². The molecule has 3 atom stereocenters. The van der Waals surface area contributed by atoms with Gasteiger partial charge in [-0.25, -0.2) is 19.2 Å². The summed E-state index contributed by atoms with van der Waals surface area (Å²) in [7, 11) is 0. The molecule has 21 N–H and O–H groups in total. The topological polar surface area (TPSA) is 652 Å². The molecule has 0 heterocycles. The molecule has 0 rings (SSSR count). The molecule has 0 aliphatic heterocycles. The fourth-order valence-corrected chi connectivity index (χ4v) is 1.59. The molecule has 1 unspecified atom stereocenters. The number of Topliss-reactive ketones (excluding diaryl/α,β-unsaturated/α-hetero) is 1. The third-order valence-electron chi connectivity index (χ3n) is 4.54. The van der Waals surface area contributed by atoms with Crippen molar-refractivity contribution in [3.63, 3.8) is 0 Å². The molecule has 0 aliphatic rings. The molecule has 0 aromatic rings. The molecule has 0 fully saturated rings. The summed E-state index contributed by atoms with van der Waals surface area (Å²) in [5.41, 5.74) is 6.80. The van der Waals surface area contributed by atoms with Gasteiger partial charge in [0.2, 0.25) is 5.78 Å². The summed E-state index contributed by atoms with van der Waals surface area (Å²) in [6, 6.07) is -1.79. The number of carbonyl (C=O) groups excluding carboxylic acids is 1. The SMILES string of the molecule is C=C(CC(=O)O)C(=O)O.CC(=O)C(=O)O.CC(=O)O.CC(O)C(=O)O.CCO.C[C@H](N)C(=O)O.N[C@@H](CCC(=O)O)C(=O)O.O=C(O)CC(O)(CC(=O)O)C(=O)O.O=C(O)CCC(=O)O.O=CO. The lowest BCUT2D eigenvalue weighted by Gasteiger charge is -2.18. The second-order valence-electron chi connectivity index (χ2n) is 11.1. The van der Waals surface area contributed by atoms with Crippen LogP contribution in [0, 0.1) is 0 Å². The highest BCUT2D eigenvalue weighted by atomic mass is 16.4. The summed E-state index contributed by atoms with van der Waals surface area (Å²) >= 11 is 0. The number of aliphatic carboxylic acids is 13. The van der Waals surface area contributed by atoms with Crippen LogP contribution in [0.1, 0.15) is 79.6 Å². The van der Waals surface area contributed by atoms with Gasteiger partial charge in [0.1, 0.15) is 18.2 Å². The van der Waals surface area contributed by atoms with Gasteiger partial charge >= 0.3 is 71.6 Å². The zero-order valence-electron chi connectivity index (χ0n) is 36.6. The van der Waals surface area contributed by atoms with Gasteiger partial charge in [-0.15, -0.1) is 0 Å². The number of carbonyl (C=O) groups is 15. The van der Waals surface area contributed by atoms with Crippen molar-refractivity contribution in [1.29, 1.82) is 0 Å². The van der Waals surface area contributed by atoms with E-state index in [1.165, 1.54) is 13.8 Å². The first-order valence-corrected chi connectivity index (χ1v) is 17.1. The molecule has 396 valence electrons. The quantitative estimate of drug-likeness (QED) is 0.0358. The smallest absolute Gasteiger partial charge is 0.371 e. The zero-order chi connectivity index (χ0) is 57.3. The van der Waals surface area contributed by atoms with Crippen LogP contribution in [0.25, 0.3) is 0 Å². The maximum absolute atomic E-state index is 10.3. The van der Waals surface area contributed by atoms with Crippen molar-refractivity contribution in [3.8, 4) is 0 Å². The van der Waals surface area contributed by atoms with Crippen molar-refractivity contribution in [3.05, 3.63) is 12.2 Å². The summed E-state index contributed by atoms with van der Waals surface area (Å²) in [5.74, 6) is -17.0. The van der Waals surface area contributed by atoms with Crippen LogP contribution in [0.4, 0.5) is 0 Å². The van der Waals surface area contributed by atoms with Crippen LogP contribution in [0.15, 0.2) is 12.2 Å². The summed E-state index contributed by atoms with van der Waals surface area (Å²) in [6.07, 6.45) is -4.84. The Morgan fingerprint density at radius 1 is 0.574 bits per heavy atom. The first-order chi connectivity index (χ1) is 30.5. The van der Waals surface area contributed by atoms with E-state index in [1.54, 1.807) is 6.92 Å². The number of carboxylic acid groups (broad SMARTS) is 14. The Morgan fingerprint density at radius 2 is 0.824 bits per heavy atom. The van der Waals surface area contributed by atoms with E-state index in [0.717, 1.165) is 13.8 Å². The summed E-state index contributed by atoms with van der Waals surface area (Å²) < 4.78 is 0. The molecule has 0 saturated heterocycles. The molecule has 0 aliphatic carbocycles. The normalized spacial score (nSPS) is 9.91. The molecule has 0 amide bonds. The predicted octanol–water partition coefficient (Wildman–Crippen LogP) is -3.63. The van der Waals surface area contributed by atoms with E-state index >= 15 is 0 Å². The van der Waals surface area contributed by atoms with Crippen LogP contribution in [0.3, 0.4) is 0 Å². The maximum Gasteiger partial charge on any atom is 0.371 e. The van der Waals surface area contributed by atoms with Gasteiger partial charge in [-0.3, -0.25) is 52.7 Å². The third-order valence-corrected chi connectivity index (χ3v) is 4.54. The van der Waals surface area contributed by atoms with Gasteiger partial charge in [0.25, 0.3) is 12.4 Å². The van der Waals surface area contributed by atoms with E-state index in [4.69, 9.17) is 108 Å². The molecule has 68 heavy (non-hydrogen) atoms. The van der Waals surface area contributed by atoms with E-state index in [-0.39, 0.29) is 44.3 Å². The van der Waals surface area contributed by atoms with E-state index in [2.05, 4.69) is 6.58 Å². The van der Waals surface area contributed by atoms with Crippen molar-refractivity contribution in [1.82, 2.24) is 0 Å². The molecule has 0 spiro atoms. The molecule has 0 radical (unpaired) electrons. The van der Waals surface area contributed by atoms with Gasteiger partial charge in [-0.05, 0) is 27.2 Å². The lowest BCUT2D eigenvalue weighted by atomic mass is 9.96. The van der Waals surface area contributed by atoms with Crippen LogP contribution in [0.2, 0.25) is 0 Å². The predicted molar refractivity (Wildman–Crippen MR) is 217 cm³/mol. The second kappa shape index (κ2) is 53.1. The highest BCUT2D eigenvalue weighted by Crippen LogP contribution is 2.15. The van der Waals surface area contributed by atoms with Crippen LogP contribution in [-0.4, -0.2) is 207 Å². The number of rotatable bonds is 18. The van der Waals surface area contributed by atoms with Gasteiger partial charge in [0.05, 0.1) is 32.1 Å². The summed E-state index contributed by atoms with van der Waals surface area (Å²) in [4.78, 5) is 145. The highest BCUT2D eigenvalue weighted by Gasteiger charge is 2.40. The minimum absolute atomic E-state index is 0.0231. The van der Waals surface area contributed by atoms with Crippen molar-refractivity contribution < 1.29 is 159 Å². The first kappa shape index (κ1) is 83.4. The molecule has 34 nitrogen and oxygen atoms in total. The molecular formula is C34H58N2O32. The highest BCUT2D eigenvalue weighted by molar-refractivity contribution is 6.31. The molecule has 0 bridgehead atoms. The van der Waals surface area contributed by atoms with Gasteiger partial charge < -0.3 is 98.3 Å². The molecule has 0 aromatic carbocycles. The molecule has 0 aromatic heterocycles. The lowest BCUT2D eigenvalue weighted by molar-refractivity contribution is -0.170. The molecule has 34 heteroatoms. The van der Waals surface area contributed by atoms with Gasteiger partial charge in [-0.1, -0.05) is 6.58 Å². The lowest BCUT2D eigenvalue weighted by Crippen LogP contribution is -2.42. The minimum Gasteiger partial charge on any atom is -0.483 e. The van der Waals surface area contributed by atoms with Crippen LogP contribution < -0.4 is 11.5 Å². The number of ketones is 1. The van der Waals surface area contributed by atoms with Crippen molar-refractivity contribution >= 4 is 89.9 Å². The van der Waals surface area contributed by atoms with Crippen molar-refractivity contribution in [2.24, 2.45) is 11.5 Å². The van der Waals surface area contributed by atoms with E-state index < -0.39 is 126 Å². The summed E-state index contributed by atoms with van der Waals surface area (Å²) in [5, 5.41) is 135. The van der Waals surface area contributed by atoms with Gasteiger partial charge in [0.15, 0.2) is 5.60 Å². The number of aliphatic hydroxyl groups is 3. The number of hydrogen-bond donors (Lipinski definition) is 19. The Labute approximate surface area is 382 Å². The summed E-state index contributed by atoms with van der Waals surface area (Å²) in [6.45, 7) is 9.40. The van der Waals surface area contributed by atoms with Crippen LogP contribution >= 0.6 is 0 Å². The number of nitrogens with two attached hydrogens (primary N) is 2. The fourth-order valence-electron chi connectivity index (χ4n) is 1.59. The maximum atomic E-state index is 10.3. The number of hydrogen-bond acceptors (Lipinski definition) is 20. The Hall–Kier alpha value is -8.21. The largest absolute Gasteiger partial charge is 0.483 e. The van der Waals surface area contributed by atoms with E-state index in [9.17, 15) is 62.3 Å². The first-order valence-electron chi connectivity index (χ1n) is 17.1. The fraction of sp³-hybridized carbons (Fsp3) is 0.500. The van der Waals surface area contributed by atoms with E-state index in [0.29, 0.717) is 0 Å². The van der Waals surface area contributed by atoms with Crippen molar-refractivity contribution in [2.75, 3.05) is 6.61 Å². The molecule has 0 saturated carbocycles. The Kier molecular flexibility index (Phi) is 65.1. The van der Waals surface area contributed by atoms with Crippen LogP contribution in [-0.2, 0) is 71.9 Å². The Bertz CT molecular complexity index is 1540. The zero-order valence-corrected chi connectivity index (χ0v) is 36.6. The Morgan fingerprint density at radius 3 is 0.926 bits per heavy atom. The Balaban J connectivity index is -0.0000000708. The van der Waals surface area contributed by atoms with Gasteiger partial charge in [0, 0.05) is 32.4 Å². The molecular weight excluding hydrogens is 948 g/mol. The third kappa shape index (κ3) is 107.